The van der Waals surface area contributed by atoms with Crippen molar-refractivity contribution in [1.82, 2.24) is 0 Å². The fourth-order valence-corrected chi connectivity index (χ4v) is 3.87. The van der Waals surface area contributed by atoms with Crippen molar-refractivity contribution in [2.45, 2.75) is 46.0 Å². The van der Waals surface area contributed by atoms with E-state index in [-0.39, 0.29) is 18.1 Å². The predicted octanol–water partition coefficient (Wildman–Crippen LogP) is 6.31. The molecule has 1 unspecified atom stereocenters. The largest absolute Gasteiger partial charge is 0.481 e. The third kappa shape index (κ3) is 7.14. The van der Waals surface area contributed by atoms with Crippen LogP contribution in [0.1, 0.15) is 54.1 Å². The number of aryl methyl sites for hydroxylation is 1. The van der Waals surface area contributed by atoms with E-state index in [0.717, 1.165) is 40.8 Å². The zero-order valence-electron chi connectivity index (χ0n) is 19.7. The second-order valence-corrected chi connectivity index (χ2v) is 8.66. The number of hydrogen-bond acceptors (Lipinski definition) is 3. The summed E-state index contributed by atoms with van der Waals surface area (Å²) in [6.07, 6.45) is 2.64. The quantitative estimate of drug-likeness (QED) is 0.331. The van der Waals surface area contributed by atoms with Gasteiger partial charge in [-0.15, -0.1) is 0 Å². The summed E-state index contributed by atoms with van der Waals surface area (Å²) in [4.78, 5) is 36.4. The van der Waals surface area contributed by atoms with Gasteiger partial charge in [-0.2, -0.15) is 0 Å². The molecule has 2 N–H and O–H groups in total. The van der Waals surface area contributed by atoms with Gasteiger partial charge >= 0.3 is 5.97 Å². The van der Waals surface area contributed by atoms with Crippen LogP contribution in [0.4, 0.5) is 5.69 Å². The highest BCUT2D eigenvalue weighted by Crippen LogP contribution is 2.24. The summed E-state index contributed by atoms with van der Waals surface area (Å²) < 4.78 is 0. The van der Waals surface area contributed by atoms with Gasteiger partial charge in [0, 0.05) is 24.1 Å². The summed E-state index contributed by atoms with van der Waals surface area (Å²) in [7, 11) is 0. The standard InChI is InChI=1S/C29H31NO4/c1-3-4-8-28(32)30-26-15-13-23(14-16-26)22-9-11-24(12-10-22)27(31)19-25(29(33)34)18-21-7-5-6-20(2)17-21/h5-7,9-17,25H,3-4,8,18-19H2,1-2H3,(H,30,32)(H,33,34). The van der Waals surface area contributed by atoms with Crippen LogP contribution in [-0.4, -0.2) is 22.8 Å². The Morgan fingerprint density at radius 3 is 2.15 bits per heavy atom. The maximum Gasteiger partial charge on any atom is 0.307 e. The zero-order chi connectivity index (χ0) is 24.5. The van der Waals surface area contributed by atoms with Crippen molar-refractivity contribution in [2.24, 2.45) is 5.92 Å². The van der Waals surface area contributed by atoms with Gasteiger partial charge in [0.25, 0.3) is 0 Å². The maximum atomic E-state index is 12.8. The Morgan fingerprint density at radius 1 is 0.912 bits per heavy atom. The molecule has 0 heterocycles. The molecule has 0 bridgehead atoms. The van der Waals surface area contributed by atoms with Crippen molar-refractivity contribution in [3.63, 3.8) is 0 Å². The summed E-state index contributed by atoms with van der Waals surface area (Å²) in [5, 5.41) is 12.5. The van der Waals surface area contributed by atoms with Crippen molar-refractivity contribution in [1.29, 1.82) is 0 Å². The number of carboxylic acid groups (broad SMARTS) is 1. The number of hydrogen-bond donors (Lipinski definition) is 2. The second-order valence-electron chi connectivity index (χ2n) is 8.66. The third-order valence-electron chi connectivity index (χ3n) is 5.81. The number of rotatable bonds is 11. The number of amides is 1. The highest BCUT2D eigenvalue weighted by atomic mass is 16.4. The van der Waals surface area contributed by atoms with E-state index < -0.39 is 11.9 Å². The second kappa shape index (κ2) is 11.9. The van der Waals surface area contributed by atoms with Crippen LogP contribution in [0.3, 0.4) is 0 Å². The molecule has 0 spiro atoms. The van der Waals surface area contributed by atoms with E-state index in [1.54, 1.807) is 12.1 Å². The Kier molecular flexibility index (Phi) is 8.74. The summed E-state index contributed by atoms with van der Waals surface area (Å²) >= 11 is 0. The van der Waals surface area contributed by atoms with Gasteiger partial charge in [-0.05, 0) is 48.6 Å². The molecule has 176 valence electrons. The number of aliphatic carboxylic acids is 1. The molecule has 3 aromatic carbocycles. The molecule has 5 heteroatoms. The summed E-state index contributed by atoms with van der Waals surface area (Å²) in [6.45, 7) is 4.01. The number of nitrogens with one attached hydrogen (secondary N) is 1. The predicted molar refractivity (Wildman–Crippen MR) is 135 cm³/mol. The van der Waals surface area contributed by atoms with Crippen LogP contribution in [0.2, 0.25) is 0 Å². The molecule has 0 aliphatic rings. The average Bonchev–Trinajstić information content (AvgIpc) is 2.83. The number of carboxylic acids is 1. The molecule has 0 saturated heterocycles. The number of carbonyl (C=O) groups is 3. The van der Waals surface area contributed by atoms with Crippen molar-refractivity contribution in [3.8, 4) is 11.1 Å². The third-order valence-corrected chi connectivity index (χ3v) is 5.81. The van der Waals surface area contributed by atoms with Crippen LogP contribution in [0.5, 0.6) is 0 Å². The van der Waals surface area contributed by atoms with Gasteiger partial charge in [0.15, 0.2) is 5.78 Å². The first kappa shape index (κ1) is 24.9. The lowest BCUT2D eigenvalue weighted by molar-refractivity contribution is -0.141. The van der Waals surface area contributed by atoms with E-state index in [4.69, 9.17) is 0 Å². The van der Waals surface area contributed by atoms with E-state index in [2.05, 4.69) is 12.2 Å². The molecule has 3 rings (SSSR count). The van der Waals surface area contributed by atoms with Gasteiger partial charge in [0.2, 0.25) is 5.91 Å². The number of benzene rings is 3. The lowest BCUT2D eigenvalue weighted by atomic mass is 9.91. The number of unbranched alkanes of at least 4 members (excludes halogenated alkanes) is 1. The summed E-state index contributed by atoms with van der Waals surface area (Å²) in [5.41, 5.74) is 5.14. The first-order chi connectivity index (χ1) is 16.4. The van der Waals surface area contributed by atoms with E-state index in [1.165, 1.54) is 0 Å². The van der Waals surface area contributed by atoms with E-state index >= 15 is 0 Å². The molecule has 0 radical (unpaired) electrons. The SMILES string of the molecule is CCCCC(=O)Nc1ccc(-c2ccc(C(=O)CC(Cc3cccc(C)c3)C(=O)O)cc2)cc1. The minimum absolute atomic E-state index is 0.0135. The number of Topliss-reactive ketones (excluding diaryl/α,β-unsaturated/α-hetero) is 1. The first-order valence-electron chi connectivity index (χ1n) is 11.7. The van der Waals surface area contributed by atoms with Crippen molar-refractivity contribution >= 4 is 23.3 Å². The molecular weight excluding hydrogens is 426 g/mol. The summed E-state index contributed by atoms with van der Waals surface area (Å²) in [5.74, 6) is -1.90. The molecule has 0 aliphatic carbocycles. The molecule has 1 amide bonds. The molecule has 5 nitrogen and oxygen atoms in total. The number of carbonyl (C=O) groups excluding carboxylic acids is 2. The fourth-order valence-electron chi connectivity index (χ4n) is 3.87. The lowest BCUT2D eigenvalue weighted by Crippen LogP contribution is -2.20. The number of anilines is 1. The molecule has 0 aromatic heterocycles. The van der Waals surface area contributed by atoms with Gasteiger partial charge in [-0.1, -0.05) is 79.6 Å². The van der Waals surface area contributed by atoms with Crippen molar-refractivity contribution in [2.75, 3.05) is 5.32 Å². The van der Waals surface area contributed by atoms with Crippen LogP contribution < -0.4 is 5.32 Å². The Labute approximate surface area is 200 Å². The highest BCUT2D eigenvalue weighted by molar-refractivity contribution is 5.98. The molecule has 34 heavy (non-hydrogen) atoms. The van der Waals surface area contributed by atoms with Gasteiger partial charge in [-0.25, -0.2) is 0 Å². The van der Waals surface area contributed by atoms with Crippen LogP contribution in [0.25, 0.3) is 11.1 Å². The van der Waals surface area contributed by atoms with Crippen LogP contribution >= 0.6 is 0 Å². The Bertz CT molecular complexity index is 1130. The molecule has 1 atom stereocenters. The highest BCUT2D eigenvalue weighted by Gasteiger charge is 2.22. The average molecular weight is 458 g/mol. The molecule has 0 fully saturated rings. The number of ketones is 1. The van der Waals surface area contributed by atoms with Crippen LogP contribution in [0.15, 0.2) is 72.8 Å². The van der Waals surface area contributed by atoms with Crippen LogP contribution in [0, 0.1) is 12.8 Å². The summed E-state index contributed by atoms with van der Waals surface area (Å²) in [6, 6.07) is 22.5. The monoisotopic (exact) mass is 457 g/mol. The Morgan fingerprint density at radius 2 is 1.56 bits per heavy atom. The van der Waals surface area contributed by atoms with Gasteiger partial charge in [-0.3, -0.25) is 14.4 Å². The molecular formula is C29H31NO4. The van der Waals surface area contributed by atoms with Crippen LogP contribution in [-0.2, 0) is 16.0 Å². The van der Waals surface area contributed by atoms with Gasteiger partial charge in [0.05, 0.1) is 5.92 Å². The zero-order valence-corrected chi connectivity index (χ0v) is 19.7. The van der Waals surface area contributed by atoms with E-state index in [9.17, 15) is 19.5 Å². The Balaban J connectivity index is 1.63. The molecule has 0 saturated carbocycles. The van der Waals surface area contributed by atoms with Crippen molar-refractivity contribution in [3.05, 3.63) is 89.5 Å². The normalized spacial score (nSPS) is 11.6. The van der Waals surface area contributed by atoms with E-state index in [1.807, 2.05) is 67.6 Å². The van der Waals surface area contributed by atoms with Gasteiger partial charge < -0.3 is 10.4 Å². The minimum Gasteiger partial charge on any atom is -0.481 e. The lowest BCUT2D eigenvalue weighted by Gasteiger charge is -2.13. The Hall–Kier alpha value is -3.73. The van der Waals surface area contributed by atoms with Gasteiger partial charge in [0.1, 0.15) is 0 Å². The molecule has 0 aliphatic heterocycles. The maximum absolute atomic E-state index is 12.8. The topological polar surface area (TPSA) is 83.5 Å². The van der Waals surface area contributed by atoms with Crippen molar-refractivity contribution < 1.29 is 19.5 Å². The smallest absolute Gasteiger partial charge is 0.307 e. The minimum atomic E-state index is -0.964. The fraction of sp³-hybridized carbons (Fsp3) is 0.276. The molecule has 3 aromatic rings. The first-order valence-corrected chi connectivity index (χ1v) is 11.7. The van der Waals surface area contributed by atoms with E-state index in [0.29, 0.717) is 18.4 Å².